The van der Waals surface area contributed by atoms with E-state index in [1.54, 1.807) is 4.31 Å². The van der Waals surface area contributed by atoms with Crippen LogP contribution in [0, 0.1) is 0 Å². The van der Waals surface area contributed by atoms with Gasteiger partial charge in [0.15, 0.2) is 0 Å². The second-order valence-electron chi connectivity index (χ2n) is 5.82. The van der Waals surface area contributed by atoms with Crippen LogP contribution in [0.1, 0.15) is 40.0 Å². The summed E-state index contributed by atoms with van der Waals surface area (Å²) >= 11 is 0. The molecule has 0 aromatic rings. The van der Waals surface area contributed by atoms with E-state index >= 15 is 0 Å². The van der Waals surface area contributed by atoms with Crippen molar-refractivity contribution in [2.45, 2.75) is 46.1 Å². The molecule has 0 atom stereocenters. The molecule has 0 saturated carbocycles. The first-order valence-corrected chi connectivity index (χ1v) is 9.51. The van der Waals surface area contributed by atoms with E-state index in [1.165, 1.54) is 0 Å². The summed E-state index contributed by atoms with van der Waals surface area (Å²) in [5.74, 6) is 0.247. The lowest BCUT2D eigenvalue weighted by atomic mass is 10.2. The minimum Gasteiger partial charge on any atom is -0.314 e. The zero-order chi connectivity index (χ0) is 15.0. The first-order valence-electron chi connectivity index (χ1n) is 7.90. The van der Waals surface area contributed by atoms with E-state index in [2.05, 4.69) is 17.1 Å². The van der Waals surface area contributed by atoms with Crippen molar-refractivity contribution in [3.05, 3.63) is 0 Å². The van der Waals surface area contributed by atoms with Crippen LogP contribution >= 0.6 is 0 Å². The Bertz CT molecular complexity index is 351. The Morgan fingerprint density at radius 2 is 1.85 bits per heavy atom. The van der Waals surface area contributed by atoms with Gasteiger partial charge in [-0.1, -0.05) is 19.8 Å². The highest BCUT2D eigenvalue weighted by atomic mass is 32.2. The van der Waals surface area contributed by atoms with Crippen LogP contribution < -0.4 is 5.32 Å². The normalized spacial score (nSPS) is 18.1. The van der Waals surface area contributed by atoms with E-state index in [9.17, 15) is 8.42 Å². The molecule has 5 nitrogen and oxygen atoms in total. The van der Waals surface area contributed by atoms with Gasteiger partial charge in [-0.25, -0.2) is 8.42 Å². The second kappa shape index (κ2) is 8.97. The maximum atomic E-state index is 12.5. The predicted octanol–water partition coefficient (Wildman–Crippen LogP) is 1.12. The number of hydrogen-bond donors (Lipinski definition) is 1. The van der Waals surface area contributed by atoms with Gasteiger partial charge < -0.3 is 5.32 Å². The van der Waals surface area contributed by atoms with Gasteiger partial charge in [-0.2, -0.15) is 4.31 Å². The number of piperazine rings is 1. The van der Waals surface area contributed by atoms with Crippen molar-refractivity contribution in [1.82, 2.24) is 14.5 Å². The number of sulfonamides is 1. The summed E-state index contributed by atoms with van der Waals surface area (Å²) in [7, 11) is -3.13. The van der Waals surface area contributed by atoms with Crippen LogP contribution in [-0.2, 0) is 10.0 Å². The van der Waals surface area contributed by atoms with Gasteiger partial charge in [0.05, 0.1) is 5.75 Å². The number of nitrogens with one attached hydrogen (secondary N) is 1. The van der Waals surface area contributed by atoms with Gasteiger partial charge in [0.1, 0.15) is 0 Å². The van der Waals surface area contributed by atoms with Gasteiger partial charge in [-0.05, 0) is 20.3 Å². The van der Waals surface area contributed by atoms with Crippen molar-refractivity contribution in [2.75, 3.05) is 45.0 Å². The summed E-state index contributed by atoms with van der Waals surface area (Å²) in [6, 6.07) is 0.0554. The Morgan fingerprint density at radius 1 is 1.20 bits per heavy atom. The van der Waals surface area contributed by atoms with E-state index < -0.39 is 10.0 Å². The molecule has 0 radical (unpaired) electrons. The fourth-order valence-corrected chi connectivity index (χ4v) is 4.31. The maximum absolute atomic E-state index is 12.5. The third-order valence-electron chi connectivity index (χ3n) is 3.79. The summed E-state index contributed by atoms with van der Waals surface area (Å²) in [6.07, 6.45) is 3.17. The minimum absolute atomic E-state index is 0.0554. The van der Waals surface area contributed by atoms with E-state index in [4.69, 9.17) is 0 Å². The number of unbranched alkanes of at least 4 members (excludes halogenated alkanes) is 2. The summed E-state index contributed by atoms with van der Waals surface area (Å²) < 4.78 is 26.7. The Hall–Kier alpha value is -0.170. The summed E-state index contributed by atoms with van der Waals surface area (Å²) in [4.78, 5) is 2.23. The molecule has 0 aromatic heterocycles. The number of rotatable bonds is 9. The fourth-order valence-electron chi connectivity index (χ4n) is 2.53. The van der Waals surface area contributed by atoms with Gasteiger partial charge in [-0.15, -0.1) is 0 Å². The molecule has 1 heterocycles. The van der Waals surface area contributed by atoms with Crippen molar-refractivity contribution in [3.63, 3.8) is 0 Å². The number of nitrogens with zero attached hydrogens (tertiary/aromatic N) is 2. The highest BCUT2D eigenvalue weighted by Crippen LogP contribution is 2.11. The predicted molar refractivity (Wildman–Crippen MR) is 84.5 cm³/mol. The van der Waals surface area contributed by atoms with Crippen LogP contribution in [0.4, 0.5) is 0 Å². The molecular formula is C14H31N3O2S. The van der Waals surface area contributed by atoms with Gasteiger partial charge in [-0.3, -0.25) is 4.90 Å². The van der Waals surface area contributed by atoms with Crippen molar-refractivity contribution in [1.29, 1.82) is 0 Å². The molecule has 1 aliphatic rings. The van der Waals surface area contributed by atoms with Gasteiger partial charge in [0.2, 0.25) is 10.0 Å². The molecule has 0 unspecified atom stereocenters. The van der Waals surface area contributed by atoms with Crippen LogP contribution in [0.2, 0.25) is 0 Å². The monoisotopic (exact) mass is 305 g/mol. The van der Waals surface area contributed by atoms with Crippen LogP contribution in [0.25, 0.3) is 0 Å². The van der Waals surface area contributed by atoms with Crippen molar-refractivity contribution >= 4 is 10.0 Å². The molecule has 6 heteroatoms. The molecule has 1 fully saturated rings. The molecular weight excluding hydrogens is 274 g/mol. The molecule has 120 valence electrons. The molecule has 0 aromatic carbocycles. The summed E-state index contributed by atoms with van der Waals surface area (Å²) in [5.41, 5.74) is 0. The average molecular weight is 305 g/mol. The molecule has 1 saturated heterocycles. The third-order valence-corrected chi connectivity index (χ3v) is 5.81. The zero-order valence-corrected chi connectivity index (χ0v) is 14.1. The molecule has 0 bridgehead atoms. The number of hydrogen-bond acceptors (Lipinski definition) is 4. The molecule has 20 heavy (non-hydrogen) atoms. The molecule has 1 N–H and O–H groups in total. The Morgan fingerprint density at radius 3 is 2.40 bits per heavy atom. The second-order valence-corrected chi connectivity index (χ2v) is 7.86. The highest BCUT2D eigenvalue weighted by molar-refractivity contribution is 7.89. The maximum Gasteiger partial charge on any atom is 0.215 e. The molecule has 1 rings (SSSR count). The average Bonchev–Trinajstić information content (AvgIpc) is 2.42. The van der Waals surface area contributed by atoms with Crippen LogP contribution in [0.5, 0.6) is 0 Å². The largest absolute Gasteiger partial charge is 0.314 e. The topological polar surface area (TPSA) is 52.7 Å². The van der Waals surface area contributed by atoms with Crippen LogP contribution in [-0.4, -0.2) is 68.7 Å². The first-order chi connectivity index (χ1) is 9.47. The first kappa shape index (κ1) is 17.9. The van der Waals surface area contributed by atoms with E-state index in [1.807, 2.05) is 13.8 Å². The Balaban J connectivity index is 2.48. The lowest BCUT2D eigenvalue weighted by molar-refractivity contribution is 0.251. The molecule has 0 amide bonds. The SMILES string of the molecule is CCCCCN(C(C)C)S(=O)(=O)CCN1CCNCC1. The molecule has 1 aliphatic heterocycles. The standard InChI is InChI=1S/C14H31N3O2S/c1-4-5-6-9-17(14(2)3)20(18,19)13-12-16-10-7-15-8-11-16/h14-15H,4-13H2,1-3H3. The van der Waals surface area contributed by atoms with Crippen LogP contribution in [0.3, 0.4) is 0 Å². The van der Waals surface area contributed by atoms with Gasteiger partial charge >= 0.3 is 0 Å². The molecule has 0 spiro atoms. The van der Waals surface area contributed by atoms with Gasteiger partial charge in [0, 0.05) is 45.3 Å². The lowest BCUT2D eigenvalue weighted by Gasteiger charge is -2.30. The highest BCUT2D eigenvalue weighted by Gasteiger charge is 2.25. The van der Waals surface area contributed by atoms with E-state index in [0.29, 0.717) is 13.1 Å². The smallest absolute Gasteiger partial charge is 0.215 e. The minimum atomic E-state index is -3.13. The van der Waals surface area contributed by atoms with E-state index in [0.717, 1.165) is 45.4 Å². The molecule has 0 aliphatic carbocycles. The van der Waals surface area contributed by atoms with Gasteiger partial charge in [0.25, 0.3) is 0 Å². The third kappa shape index (κ3) is 6.08. The Labute approximate surface area is 124 Å². The van der Waals surface area contributed by atoms with Crippen molar-refractivity contribution in [3.8, 4) is 0 Å². The fraction of sp³-hybridized carbons (Fsp3) is 1.00. The van der Waals surface area contributed by atoms with Crippen molar-refractivity contribution in [2.24, 2.45) is 0 Å². The summed E-state index contributed by atoms with van der Waals surface area (Å²) in [6.45, 7) is 11.2. The quantitative estimate of drug-likeness (QED) is 0.649. The summed E-state index contributed by atoms with van der Waals surface area (Å²) in [5, 5.41) is 3.29. The zero-order valence-electron chi connectivity index (χ0n) is 13.3. The van der Waals surface area contributed by atoms with E-state index in [-0.39, 0.29) is 11.8 Å². The van der Waals surface area contributed by atoms with Crippen LogP contribution in [0.15, 0.2) is 0 Å². The Kier molecular flexibility index (Phi) is 8.02. The lowest BCUT2D eigenvalue weighted by Crippen LogP contribution is -2.47. The van der Waals surface area contributed by atoms with Crippen molar-refractivity contribution < 1.29 is 8.42 Å².